The van der Waals surface area contributed by atoms with Crippen LogP contribution < -0.4 is 10.9 Å². The number of nitrogens with one attached hydrogen (secondary N) is 1. The third-order valence-electron chi connectivity index (χ3n) is 4.96. The topological polar surface area (TPSA) is 69.0 Å². The number of aromatic nitrogens is 3. The van der Waals surface area contributed by atoms with Crippen molar-refractivity contribution >= 4 is 22.6 Å². The molecule has 1 atom stereocenters. The molecule has 0 amide bonds. The molecule has 1 N–H and O–H groups in total. The van der Waals surface area contributed by atoms with Crippen LogP contribution in [-0.2, 0) is 11.3 Å². The Morgan fingerprint density at radius 3 is 2.77 bits per heavy atom. The van der Waals surface area contributed by atoms with Crippen LogP contribution in [0.1, 0.15) is 46.2 Å². The van der Waals surface area contributed by atoms with Gasteiger partial charge in [-0.3, -0.25) is 9.36 Å². The minimum Gasteiger partial charge on any atom is -0.380 e. The molecule has 0 saturated carbocycles. The Hall–Kier alpha value is -2.54. The van der Waals surface area contributed by atoms with Gasteiger partial charge >= 0.3 is 0 Å². The highest BCUT2D eigenvalue weighted by Gasteiger charge is 2.16. The maximum absolute atomic E-state index is 13.4. The summed E-state index contributed by atoms with van der Waals surface area (Å²) in [6.07, 6.45) is 5.39. The van der Waals surface area contributed by atoms with Gasteiger partial charge in [-0.05, 0) is 42.5 Å². The summed E-state index contributed by atoms with van der Waals surface area (Å²) < 4.78 is 20.5. The molecule has 0 bridgehead atoms. The lowest BCUT2D eigenvalue weighted by atomic mass is 9.92. The second-order valence-corrected chi connectivity index (χ2v) is 8.66. The number of hydrogen-bond donors (Lipinski definition) is 1. The van der Waals surface area contributed by atoms with Gasteiger partial charge in [0.2, 0.25) is 0 Å². The van der Waals surface area contributed by atoms with Crippen molar-refractivity contribution in [3.05, 3.63) is 46.4 Å². The summed E-state index contributed by atoms with van der Waals surface area (Å²) in [6, 6.07) is 3.72. The lowest BCUT2D eigenvalue weighted by molar-refractivity contribution is 0.139. The van der Waals surface area contributed by atoms with Crippen LogP contribution >= 0.6 is 0 Å². The molecule has 2 aromatic heterocycles. The lowest BCUT2D eigenvalue weighted by Crippen LogP contribution is -2.28. The zero-order chi connectivity index (χ0) is 21.7. The number of hydrogen-bond acceptors (Lipinski definition) is 5. The molecule has 0 saturated heterocycles. The molecule has 7 heteroatoms. The van der Waals surface area contributed by atoms with Gasteiger partial charge in [0.05, 0.1) is 18.8 Å². The van der Waals surface area contributed by atoms with E-state index in [1.807, 2.05) is 25.1 Å². The number of pyridine rings is 1. The maximum atomic E-state index is 13.4. The second-order valence-electron chi connectivity index (χ2n) is 8.66. The number of ether oxygens (including phenoxy) is 1. The summed E-state index contributed by atoms with van der Waals surface area (Å²) in [5, 5.41) is 3.20. The average Bonchev–Trinajstić information content (AvgIpc) is 2.70. The predicted octanol–water partition coefficient (Wildman–Crippen LogP) is 4.36. The molecule has 30 heavy (non-hydrogen) atoms. The van der Waals surface area contributed by atoms with Gasteiger partial charge in [0.1, 0.15) is 11.7 Å². The zero-order valence-electron chi connectivity index (χ0n) is 18.2. The van der Waals surface area contributed by atoms with Crippen LogP contribution in [0, 0.1) is 5.41 Å². The van der Waals surface area contributed by atoms with Crippen LogP contribution in [0.4, 0.5) is 10.2 Å². The molecule has 0 spiro atoms. The molecule has 2 aromatic rings. The molecule has 162 valence electrons. The zero-order valence-corrected chi connectivity index (χ0v) is 18.2. The molecular weight excluding hydrogens is 383 g/mol. The van der Waals surface area contributed by atoms with Gasteiger partial charge < -0.3 is 10.1 Å². The second kappa shape index (κ2) is 9.51. The Morgan fingerprint density at radius 1 is 1.30 bits per heavy atom. The van der Waals surface area contributed by atoms with Gasteiger partial charge in [-0.15, -0.1) is 0 Å². The molecule has 6 nitrogen and oxygen atoms in total. The minimum absolute atomic E-state index is 0.161. The first-order valence-corrected chi connectivity index (χ1v) is 10.5. The fourth-order valence-electron chi connectivity index (χ4n) is 3.24. The summed E-state index contributed by atoms with van der Waals surface area (Å²) in [7, 11) is 0. The number of fused-ring (bicyclic) bond motifs is 1. The number of nitrogens with zero attached hydrogens (tertiary/aromatic N) is 3. The van der Waals surface area contributed by atoms with Crippen molar-refractivity contribution in [2.45, 2.75) is 53.3 Å². The fraction of sp³-hybridized carbons (Fsp3) is 0.522. The van der Waals surface area contributed by atoms with E-state index >= 15 is 0 Å². The Bertz CT molecular complexity index is 1000. The highest BCUT2D eigenvalue weighted by Crippen LogP contribution is 2.23. The molecule has 1 aliphatic rings. The van der Waals surface area contributed by atoms with Gasteiger partial charge in [-0.1, -0.05) is 32.9 Å². The van der Waals surface area contributed by atoms with E-state index in [0.29, 0.717) is 55.4 Å². The Balaban J connectivity index is 1.98. The van der Waals surface area contributed by atoms with Crippen LogP contribution in [-0.4, -0.2) is 40.5 Å². The summed E-state index contributed by atoms with van der Waals surface area (Å²) in [6.45, 7) is 10.4. The molecular formula is C23H31FN4O2. The molecule has 0 aromatic carbocycles. The van der Waals surface area contributed by atoms with E-state index in [1.54, 1.807) is 10.6 Å². The first kappa shape index (κ1) is 22.2. The van der Waals surface area contributed by atoms with Crippen molar-refractivity contribution in [3.8, 4) is 0 Å². The first-order chi connectivity index (χ1) is 14.3. The molecule has 0 radical (unpaired) electrons. The van der Waals surface area contributed by atoms with E-state index in [4.69, 9.17) is 9.72 Å². The highest BCUT2D eigenvalue weighted by atomic mass is 19.1. The standard InChI is InChI=1S/C23H31FN4O2/c1-5-30-15-14-28-21-19(26-20(22(28)29)25-13-12-23(2,3)4)11-10-18(27-21)16-6-8-17(24)9-7-16/h6-8,10-11,17H,5,9,12-15H2,1-4H3,(H,25,26)/t17-/m1/s1. The molecule has 1 aliphatic carbocycles. The van der Waals surface area contributed by atoms with Crippen LogP contribution in [0.15, 0.2) is 35.2 Å². The largest absolute Gasteiger partial charge is 0.380 e. The van der Waals surface area contributed by atoms with Gasteiger partial charge in [-0.2, -0.15) is 0 Å². The van der Waals surface area contributed by atoms with Crippen LogP contribution in [0.25, 0.3) is 16.7 Å². The number of allylic oxidation sites excluding steroid dienone is 4. The molecule has 2 heterocycles. The van der Waals surface area contributed by atoms with E-state index in [1.165, 1.54) is 6.08 Å². The first-order valence-electron chi connectivity index (χ1n) is 10.5. The van der Waals surface area contributed by atoms with E-state index in [0.717, 1.165) is 12.0 Å². The Morgan fingerprint density at radius 2 is 2.10 bits per heavy atom. The highest BCUT2D eigenvalue weighted by molar-refractivity contribution is 5.79. The van der Waals surface area contributed by atoms with Crippen LogP contribution in [0.3, 0.4) is 0 Å². The smallest absolute Gasteiger partial charge is 0.295 e. The Kier molecular flexibility index (Phi) is 7.02. The molecule has 3 rings (SSSR count). The van der Waals surface area contributed by atoms with Crippen molar-refractivity contribution in [1.82, 2.24) is 14.5 Å². The molecule has 0 fully saturated rings. The van der Waals surface area contributed by atoms with Crippen molar-refractivity contribution in [2.24, 2.45) is 5.41 Å². The number of rotatable bonds is 8. The van der Waals surface area contributed by atoms with Gasteiger partial charge in [0, 0.05) is 19.6 Å². The van der Waals surface area contributed by atoms with Gasteiger partial charge in [-0.25, -0.2) is 14.4 Å². The van der Waals surface area contributed by atoms with Crippen LogP contribution in [0.5, 0.6) is 0 Å². The number of anilines is 1. The summed E-state index contributed by atoms with van der Waals surface area (Å²) in [4.78, 5) is 22.4. The molecule has 0 aliphatic heterocycles. The van der Waals surface area contributed by atoms with Crippen molar-refractivity contribution < 1.29 is 9.13 Å². The van der Waals surface area contributed by atoms with Crippen LogP contribution in [0.2, 0.25) is 0 Å². The Labute approximate surface area is 176 Å². The third-order valence-corrected chi connectivity index (χ3v) is 4.96. The van der Waals surface area contributed by atoms with E-state index in [9.17, 15) is 9.18 Å². The third kappa shape index (κ3) is 5.53. The normalized spacial score (nSPS) is 16.7. The summed E-state index contributed by atoms with van der Waals surface area (Å²) >= 11 is 0. The summed E-state index contributed by atoms with van der Waals surface area (Å²) in [5.41, 5.74) is 2.64. The van der Waals surface area contributed by atoms with E-state index in [2.05, 4.69) is 31.1 Å². The minimum atomic E-state index is -0.957. The van der Waals surface area contributed by atoms with E-state index < -0.39 is 6.17 Å². The summed E-state index contributed by atoms with van der Waals surface area (Å²) in [5.74, 6) is 0.329. The van der Waals surface area contributed by atoms with Gasteiger partial charge in [0.25, 0.3) is 5.56 Å². The van der Waals surface area contributed by atoms with E-state index in [-0.39, 0.29) is 11.0 Å². The number of halogens is 1. The monoisotopic (exact) mass is 414 g/mol. The maximum Gasteiger partial charge on any atom is 0.295 e. The quantitative estimate of drug-likeness (QED) is 0.650. The average molecular weight is 415 g/mol. The van der Waals surface area contributed by atoms with Gasteiger partial charge in [0.15, 0.2) is 11.5 Å². The van der Waals surface area contributed by atoms with Crippen molar-refractivity contribution in [3.63, 3.8) is 0 Å². The fourth-order valence-corrected chi connectivity index (χ4v) is 3.24. The molecule has 0 unspecified atom stereocenters. The van der Waals surface area contributed by atoms with Crippen molar-refractivity contribution in [2.75, 3.05) is 25.1 Å². The predicted molar refractivity (Wildman–Crippen MR) is 119 cm³/mol. The lowest BCUT2D eigenvalue weighted by Gasteiger charge is -2.19. The van der Waals surface area contributed by atoms with Crippen molar-refractivity contribution in [1.29, 1.82) is 0 Å². The SMILES string of the molecule is CCOCCn1c(=O)c(NCCC(C)(C)C)nc2ccc(C3=CC[C@H](F)C=C3)nc21. The number of alkyl halides is 1.